The van der Waals surface area contributed by atoms with E-state index in [4.69, 9.17) is 15.0 Å². The molecule has 6 aromatic rings. The number of aryl methyl sites for hydroxylation is 1. The summed E-state index contributed by atoms with van der Waals surface area (Å²) < 4.78 is 3.81. The molecule has 0 radical (unpaired) electrons. The van der Waals surface area contributed by atoms with Crippen molar-refractivity contribution in [2.24, 2.45) is 0 Å². The number of benzene rings is 4. The molecule has 0 saturated carbocycles. The monoisotopic (exact) mass is 547 g/mol. The molecular formula is C36H29N5O. The molecule has 0 saturated heterocycles. The fraction of sp³-hybridized carbons (Fsp3) is 0.111. The lowest BCUT2D eigenvalue weighted by Crippen LogP contribution is -2.26. The first-order valence-corrected chi connectivity index (χ1v) is 14.3. The second kappa shape index (κ2) is 10.9. The first-order valence-electron chi connectivity index (χ1n) is 14.3. The second-order valence-electron chi connectivity index (χ2n) is 10.3. The van der Waals surface area contributed by atoms with Crippen molar-refractivity contribution in [1.29, 1.82) is 0 Å². The molecule has 6 nitrogen and oxygen atoms in total. The Morgan fingerprint density at radius 2 is 1.24 bits per heavy atom. The normalized spacial score (nSPS) is 14.5. The van der Waals surface area contributed by atoms with Gasteiger partial charge in [-0.1, -0.05) is 121 Å². The summed E-state index contributed by atoms with van der Waals surface area (Å²) in [5, 5.41) is 0. The molecule has 6 heteroatoms. The Hall–Kier alpha value is -5.36. The number of hydrogen-bond donors (Lipinski definition) is 0. The maximum Gasteiger partial charge on any atom is 0.329 e. The molecule has 1 aliphatic carbocycles. The molecule has 4 aromatic carbocycles. The van der Waals surface area contributed by atoms with Crippen LogP contribution in [0.3, 0.4) is 0 Å². The Morgan fingerprint density at radius 3 is 1.79 bits per heavy atom. The van der Waals surface area contributed by atoms with Gasteiger partial charge in [0.2, 0.25) is 0 Å². The Morgan fingerprint density at radius 1 is 0.667 bits per heavy atom. The van der Waals surface area contributed by atoms with Crippen LogP contribution in [0.4, 0.5) is 0 Å². The van der Waals surface area contributed by atoms with Crippen molar-refractivity contribution in [2.45, 2.75) is 25.9 Å². The summed E-state index contributed by atoms with van der Waals surface area (Å²) in [5.74, 6) is 1.88. The maximum atomic E-state index is 13.6. The molecule has 2 aromatic heterocycles. The molecule has 1 atom stereocenters. The molecule has 2 heterocycles. The highest BCUT2D eigenvalue weighted by molar-refractivity contribution is 5.93. The fourth-order valence-corrected chi connectivity index (χ4v) is 5.68. The summed E-state index contributed by atoms with van der Waals surface area (Å²) in [7, 11) is 0. The second-order valence-corrected chi connectivity index (χ2v) is 10.3. The van der Waals surface area contributed by atoms with Gasteiger partial charge in [-0.05, 0) is 25.0 Å². The van der Waals surface area contributed by atoms with Crippen LogP contribution in [0.25, 0.3) is 56.3 Å². The molecule has 0 aliphatic heterocycles. The summed E-state index contributed by atoms with van der Waals surface area (Å²) >= 11 is 0. The lowest BCUT2D eigenvalue weighted by Gasteiger charge is -2.15. The molecule has 0 amide bonds. The minimum absolute atomic E-state index is 0.0110. The summed E-state index contributed by atoms with van der Waals surface area (Å²) in [4.78, 5) is 28.1. The number of allylic oxidation sites excluding steroid dienone is 4. The van der Waals surface area contributed by atoms with Crippen LogP contribution < -0.4 is 5.69 Å². The van der Waals surface area contributed by atoms with Crippen LogP contribution in [0.15, 0.2) is 132 Å². The number of nitrogens with zero attached hydrogens (tertiary/aromatic N) is 5. The van der Waals surface area contributed by atoms with E-state index in [9.17, 15) is 4.79 Å². The molecule has 0 bridgehead atoms. The number of imidazole rings is 1. The largest absolute Gasteiger partial charge is 0.329 e. The van der Waals surface area contributed by atoms with Crippen LogP contribution in [0.5, 0.6) is 0 Å². The van der Waals surface area contributed by atoms with Crippen molar-refractivity contribution in [3.05, 3.63) is 138 Å². The molecule has 0 fully saturated rings. The van der Waals surface area contributed by atoms with Crippen molar-refractivity contribution in [3.63, 3.8) is 0 Å². The third-order valence-electron chi connectivity index (χ3n) is 7.74. The number of rotatable bonds is 6. The summed E-state index contributed by atoms with van der Waals surface area (Å²) in [5.41, 5.74) is 6.75. The van der Waals surface area contributed by atoms with Gasteiger partial charge in [-0.2, -0.15) is 0 Å². The van der Waals surface area contributed by atoms with Crippen molar-refractivity contribution in [1.82, 2.24) is 24.1 Å². The molecule has 1 aliphatic rings. The quantitative estimate of drug-likeness (QED) is 0.214. The zero-order chi connectivity index (χ0) is 28.5. The standard InChI is InChI=1S/C36H29N5O/c1-2-40-32-30(19-12-20-31(32)41(36(40)42)29-17-10-5-11-18-29)25-21-23-28(24-22-25)35-38-33(26-13-6-3-7-14-26)37-34(39-35)27-15-8-4-9-16-27/h3-17,19-24,29H,2,18H2,1H3. The van der Waals surface area contributed by atoms with Gasteiger partial charge in [-0.25, -0.2) is 19.7 Å². The van der Waals surface area contributed by atoms with E-state index >= 15 is 0 Å². The summed E-state index contributed by atoms with van der Waals surface area (Å²) in [6.45, 7) is 2.62. The van der Waals surface area contributed by atoms with Gasteiger partial charge < -0.3 is 0 Å². The van der Waals surface area contributed by atoms with E-state index in [0.717, 1.165) is 45.3 Å². The van der Waals surface area contributed by atoms with Gasteiger partial charge in [0.15, 0.2) is 17.5 Å². The number of para-hydroxylation sites is 1. The molecule has 0 N–H and O–H groups in total. The Labute approximate surface area is 244 Å². The van der Waals surface area contributed by atoms with E-state index in [0.29, 0.717) is 24.0 Å². The van der Waals surface area contributed by atoms with Crippen molar-refractivity contribution in [3.8, 4) is 45.3 Å². The van der Waals surface area contributed by atoms with E-state index in [1.807, 2.05) is 113 Å². The number of fused-ring (bicyclic) bond motifs is 1. The third kappa shape index (κ3) is 4.57. The first-order chi connectivity index (χ1) is 20.7. The smallest absolute Gasteiger partial charge is 0.292 e. The topological polar surface area (TPSA) is 65.6 Å². The predicted molar refractivity (Wildman–Crippen MR) is 169 cm³/mol. The van der Waals surface area contributed by atoms with Gasteiger partial charge in [0.25, 0.3) is 0 Å². The average Bonchev–Trinajstić information content (AvgIpc) is 3.36. The summed E-state index contributed by atoms with van der Waals surface area (Å²) in [6.07, 6.45) is 9.07. The minimum atomic E-state index is 0.0110. The molecular weight excluding hydrogens is 518 g/mol. The number of aromatic nitrogens is 5. The first kappa shape index (κ1) is 25.6. The molecule has 0 spiro atoms. The lowest BCUT2D eigenvalue weighted by molar-refractivity contribution is 0.578. The van der Waals surface area contributed by atoms with Crippen LogP contribution in [0, 0.1) is 0 Å². The Kier molecular flexibility index (Phi) is 6.64. The van der Waals surface area contributed by atoms with Crippen LogP contribution in [-0.2, 0) is 6.54 Å². The molecule has 204 valence electrons. The SMILES string of the molecule is CCn1c(=O)n(C2C=CC=CC2)c2cccc(-c3ccc(-c4nc(-c5ccccc5)nc(-c5ccccc5)n4)cc3)c21. The van der Waals surface area contributed by atoms with Gasteiger partial charge in [-0.15, -0.1) is 0 Å². The van der Waals surface area contributed by atoms with Crippen LogP contribution >= 0.6 is 0 Å². The van der Waals surface area contributed by atoms with Crippen LogP contribution in [0.1, 0.15) is 19.4 Å². The number of hydrogen-bond acceptors (Lipinski definition) is 4. The van der Waals surface area contributed by atoms with Gasteiger partial charge >= 0.3 is 5.69 Å². The van der Waals surface area contributed by atoms with E-state index in [1.165, 1.54) is 0 Å². The van der Waals surface area contributed by atoms with E-state index in [2.05, 4.69) is 30.4 Å². The van der Waals surface area contributed by atoms with Crippen molar-refractivity contribution in [2.75, 3.05) is 0 Å². The molecule has 42 heavy (non-hydrogen) atoms. The lowest BCUT2D eigenvalue weighted by atomic mass is 10.0. The summed E-state index contributed by atoms with van der Waals surface area (Å²) in [6, 6.07) is 34.4. The highest BCUT2D eigenvalue weighted by Crippen LogP contribution is 2.33. The third-order valence-corrected chi connectivity index (χ3v) is 7.74. The van der Waals surface area contributed by atoms with E-state index in [1.54, 1.807) is 0 Å². The zero-order valence-electron chi connectivity index (χ0n) is 23.3. The van der Waals surface area contributed by atoms with Crippen LogP contribution in [-0.4, -0.2) is 24.1 Å². The van der Waals surface area contributed by atoms with Crippen LogP contribution in [0.2, 0.25) is 0 Å². The van der Waals surface area contributed by atoms with E-state index < -0.39 is 0 Å². The van der Waals surface area contributed by atoms with Crippen molar-refractivity contribution < 1.29 is 0 Å². The molecule has 7 rings (SSSR count). The highest BCUT2D eigenvalue weighted by atomic mass is 16.1. The average molecular weight is 548 g/mol. The molecule has 1 unspecified atom stereocenters. The zero-order valence-corrected chi connectivity index (χ0v) is 23.3. The van der Waals surface area contributed by atoms with Gasteiger partial charge in [0.1, 0.15) is 0 Å². The minimum Gasteiger partial charge on any atom is -0.292 e. The maximum absolute atomic E-state index is 13.6. The van der Waals surface area contributed by atoms with Gasteiger partial charge in [0, 0.05) is 28.8 Å². The van der Waals surface area contributed by atoms with Gasteiger partial charge in [0.05, 0.1) is 17.1 Å². The Bertz CT molecular complexity index is 1940. The highest BCUT2D eigenvalue weighted by Gasteiger charge is 2.21. The van der Waals surface area contributed by atoms with Crippen molar-refractivity contribution >= 4 is 11.0 Å². The van der Waals surface area contributed by atoms with E-state index in [-0.39, 0.29) is 11.7 Å². The predicted octanol–water partition coefficient (Wildman–Crippen LogP) is 7.73. The fourth-order valence-electron chi connectivity index (χ4n) is 5.68. The van der Waals surface area contributed by atoms with Gasteiger partial charge in [-0.3, -0.25) is 9.13 Å². The Balaban J connectivity index is 1.33.